The van der Waals surface area contributed by atoms with Crippen molar-refractivity contribution in [3.05, 3.63) is 16.5 Å². The smallest absolute Gasteiger partial charge is 0.171 e. The number of hydrogen-bond acceptors (Lipinski definition) is 5. The van der Waals surface area contributed by atoms with E-state index in [2.05, 4.69) is 15.3 Å². The summed E-state index contributed by atoms with van der Waals surface area (Å²) >= 11 is 5.92. The second kappa shape index (κ2) is 6.62. The average Bonchev–Trinajstić information content (AvgIpc) is 2.25. The molecular formula is C10H16ClN3O2. The molecule has 2 N–H and O–H groups in total. The number of nitrogens with zero attached hydrogens (tertiary/aromatic N) is 2. The molecule has 16 heavy (non-hydrogen) atoms. The van der Waals surface area contributed by atoms with E-state index in [-0.39, 0.29) is 6.61 Å². The Morgan fingerprint density at radius 3 is 2.62 bits per heavy atom. The average molecular weight is 246 g/mol. The maximum Gasteiger partial charge on any atom is 0.171 e. The molecule has 90 valence electrons. The van der Waals surface area contributed by atoms with E-state index in [1.807, 2.05) is 13.8 Å². The lowest BCUT2D eigenvalue weighted by Crippen LogP contribution is -2.13. The molecule has 0 radical (unpaired) electrons. The van der Waals surface area contributed by atoms with Crippen molar-refractivity contribution in [3.63, 3.8) is 0 Å². The molecule has 0 aliphatic rings. The number of hydrogen-bond donors (Lipinski definition) is 2. The number of nitrogens with one attached hydrogen (secondary N) is 1. The second-order valence-corrected chi connectivity index (χ2v) is 3.65. The molecule has 0 fully saturated rings. The Balaban J connectivity index is 2.45. The van der Waals surface area contributed by atoms with Crippen molar-refractivity contribution >= 4 is 17.4 Å². The number of ether oxygens (including phenoxy) is 1. The van der Waals surface area contributed by atoms with Gasteiger partial charge in [-0.05, 0) is 13.8 Å². The summed E-state index contributed by atoms with van der Waals surface area (Å²) in [6, 6.07) is 0. The highest BCUT2D eigenvalue weighted by atomic mass is 35.5. The van der Waals surface area contributed by atoms with Crippen LogP contribution in [0.15, 0.2) is 0 Å². The highest BCUT2D eigenvalue weighted by Crippen LogP contribution is 2.17. The van der Waals surface area contributed by atoms with Crippen LogP contribution in [0.3, 0.4) is 0 Å². The maximum absolute atomic E-state index is 8.50. The van der Waals surface area contributed by atoms with E-state index in [0.717, 1.165) is 11.4 Å². The normalized spacial score (nSPS) is 10.5. The molecule has 0 aliphatic carbocycles. The van der Waals surface area contributed by atoms with Crippen LogP contribution in [0.4, 0.5) is 5.82 Å². The molecule has 0 saturated heterocycles. The summed E-state index contributed by atoms with van der Waals surface area (Å²) < 4.78 is 5.09. The molecule has 6 heteroatoms. The minimum absolute atomic E-state index is 0.0319. The van der Waals surface area contributed by atoms with Gasteiger partial charge in [-0.15, -0.1) is 0 Å². The summed E-state index contributed by atoms with van der Waals surface area (Å²) in [7, 11) is 0. The van der Waals surface area contributed by atoms with Gasteiger partial charge >= 0.3 is 0 Å². The van der Waals surface area contributed by atoms with Gasteiger partial charge in [0.15, 0.2) is 11.0 Å². The Labute approximate surface area is 99.8 Å². The van der Waals surface area contributed by atoms with E-state index in [1.165, 1.54) is 0 Å². The SMILES string of the molecule is Cc1nc(Cl)c(NCCOCCO)nc1C. The van der Waals surface area contributed by atoms with Crippen molar-refractivity contribution in [2.75, 3.05) is 31.7 Å². The number of halogens is 1. The number of rotatable bonds is 6. The lowest BCUT2D eigenvalue weighted by molar-refractivity contribution is 0.0992. The van der Waals surface area contributed by atoms with Crippen LogP contribution in [0, 0.1) is 13.8 Å². The summed E-state index contributed by atoms with van der Waals surface area (Å²) in [6.45, 7) is 5.19. The Bertz CT molecular complexity index is 347. The Kier molecular flexibility index (Phi) is 5.45. The van der Waals surface area contributed by atoms with E-state index in [0.29, 0.717) is 30.7 Å². The van der Waals surface area contributed by atoms with Gasteiger partial charge in [0.05, 0.1) is 31.2 Å². The van der Waals surface area contributed by atoms with Crippen LogP contribution in [0.2, 0.25) is 5.15 Å². The molecule has 5 nitrogen and oxygen atoms in total. The van der Waals surface area contributed by atoms with E-state index in [9.17, 15) is 0 Å². The first-order valence-corrected chi connectivity index (χ1v) is 5.46. The van der Waals surface area contributed by atoms with E-state index in [1.54, 1.807) is 0 Å². The van der Waals surface area contributed by atoms with Crippen molar-refractivity contribution in [1.82, 2.24) is 9.97 Å². The molecule has 0 aliphatic heterocycles. The standard InChI is InChI=1S/C10H16ClN3O2/c1-7-8(2)14-10(9(11)13-7)12-3-5-16-6-4-15/h15H,3-6H2,1-2H3,(H,12,14). The third-order valence-electron chi connectivity index (χ3n) is 2.04. The van der Waals surface area contributed by atoms with Gasteiger partial charge in [0.25, 0.3) is 0 Å². The van der Waals surface area contributed by atoms with E-state index >= 15 is 0 Å². The molecule has 1 heterocycles. The Morgan fingerprint density at radius 1 is 1.25 bits per heavy atom. The van der Waals surface area contributed by atoms with Crippen LogP contribution in [-0.2, 0) is 4.74 Å². The van der Waals surface area contributed by atoms with Gasteiger partial charge in [0.2, 0.25) is 0 Å². The van der Waals surface area contributed by atoms with Gasteiger partial charge in [0.1, 0.15) is 0 Å². The van der Waals surface area contributed by atoms with Crippen LogP contribution >= 0.6 is 11.6 Å². The molecule has 1 rings (SSSR count). The predicted molar refractivity (Wildman–Crippen MR) is 62.9 cm³/mol. The van der Waals surface area contributed by atoms with Gasteiger partial charge < -0.3 is 15.2 Å². The first kappa shape index (κ1) is 13.2. The monoisotopic (exact) mass is 245 g/mol. The highest BCUT2D eigenvalue weighted by Gasteiger charge is 2.05. The van der Waals surface area contributed by atoms with Crippen molar-refractivity contribution in [2.24, 2.45) is 0 Å². The molecular weight excluding hydrogens is 230 g/mol. The van der Waals surface area contributed by atoms with E-state index < -0.39 is 0 Å². The van der Waals surface area contributed by atoms with Crippen LogP contribution in [0.1, 0.15) is 11.4 Å². The van der Waals surface area contributed by atoms with Crippen LogP contribution in [-0.4, -0.2) is 41.4 Å². The zero-order valence-corrected chi connectivity index (χ0v) is 10.2. The fourth-order valence-electron chi connectivity index (χ4n) is 1.10. The first-order chi connectivity index (χ1) is 7.65. The molecule has 0 amide bonds. The fourth-order valence-corrected chi connectivity index (χ4v) is 1.33. The summed E-state index contributed by atoms with van der Waals surface area (Å²) in [5.74, 6) is 0.567. The number of aliphatic hydroxyl groups excluding tert-OH is 1. The van der Waals surface area contributed by atoms with Crippen LogP contribution in [0.25, 0.3) is 0 Å². The third kappa shape index (κ3) is 3.92. The number of aliphatic hydroxyl groups is 1. The number of aryl methyl sites for hydroxylation is 2. The maximum atomic E-state index is 8.50. The fraction of sp³-hybridized carbons (Fsp3) is 0.600. The minimum atomic E-state index is 0.0319. The lowest BCUT2D eigenvalue weighted by atomic mass is 10.3. The minimum Gasteiger partial charge on any atom is -0.394 e. The molecule has 0 unspecified atom stereocenters. The summed E-state index contributed by atoms with van der Waals surface area (Å²) in [5.41, 5.74) is 1.68. The van der Waals surface area contributed by atoms with Crippen LogP contribution in [0.5, 0.6) is 0 Å². The van der Waals surface area contributed by atoms with Crippen LogP contribution < -0.4 is 5.32 Å². The molecule has 0 bridgehead atoms. The van der Waals surface area contributed by atoms with Gasteiger partial charge in [-0.3, -0.25) is 0 Å². The van der Waals surface area contributed by atoms with E-state index in [4.69, 9.17) is 21.4 Å². The first-order valence-electron chi connectivity index (χ1n) is 5.08. The number of aromatic nitrogens is 2. The van der Waals surface area contributed by atoms with Gasteiger partial charge in [0, 0.05) is 6.54 Å². The largest absolute Gasteiger partial charge is 0.394 e. The molecule has 0 saturated carbocycles. The molecule has 0 spiro atoms. The predicted octanol–water partition coefficient (Wildman–Crippen LogP) is 1.17. The van der Waals surface area contributed by atoms with Crippen molar-refractivity contribution in [2.45, 2.75) is 13.8 Å². The zero-order valence-electron chi connectivity index (χ0n) is 9.46. The molecule has 0 aromatic carbocycles. The zero-order chi connectivity index (χ0) is 12.0. The molecule has 0 atom stereocenters. The number of anilines is 1. The van der Waals surface area contributed by atoms with Gasteiger partial charge in [-0.1, -0.05) is 11.6 Å². The van der Waals surface area contributed by atoms with Gasteiger partial charge in [-0.25, -0.2) is 9.97 Å². The Hall–Kier alpha value is -0.910. The Morgan fingerprint density at radius 2 is 1.94 bits per heavy atom. The quantitative estimate of drug-likeness (QED) is 0.737. The summed E-state index contributed by atoms with van der Waals surface area (Å²) in [5, 5.41) is 11.9. The molecule has 1 aromatic rings. The van der Waals surface area contributed by atoms with Crippen molar-refractivity contribution < 1.29 is 9.84 Å². The second-order valence-electron chi connectivity index (χ2n) is 3.30. The topological polar surface area (TPSA) is 67.3 Å². The van der Waals surface area contributed by atoms with Gasteiger partial charge in [-0.2, -0.15) is 0 Å². The van der Waals surface area contributed by atoms with Crippen molar-refractivity contribution in [1.29, 1.82) is 0 Å². The lowest BCUT2D eigenvalue weighted by Gasteiger charge is -2.09. The van der Waals surface area contributed by atoms with Crippen molar-refractivity contribution in [3.8, 4) is 0 Å². The third-order valence-corrected chi connectivity index (χ3v) is 2.30. The summed E-state index contributed by atoms with van der Waals surface area (Å²) in [6.07, 6.45) is 0. The summed E-state index contributed by atoms with van der Waals surface area (Å²) in [4.78, 5) is 8.43. The highest BCUT2D eigenvalue weighted by molar-refractivity contribution is 6.31. The molecule has 1 aromatic heterocycles.